The number of likely N-dealkylation sites (N-methyl/N-ethyl adjacent to an activating group) is 1. The molecular formula is C16H24N4. The van der Waals surface area contributed by atoms with Gasteiger partial charge in [-0.2, -0.15) is 0 Å². The second kappa shape index (κ2) is 7.58. The molecular weight excluding hydrogens is 248 g/mol. The molecule has 0 saturated heterocycles. The van der Waals surface area contributed by atoms with Crippen molar-refractivity contribution in [3.8, 4) is 0 Å². The minimum Gasteiger partial charge on any atom is -0.373 e. The van der Waals surface area contributed by atoms with Gasteiger partial charge in [-0.15, -0.1) is 0 Å². The predicted octanol–water partition coefficient (Wildman–Crippen LogP) is 2.01. The molecule has 4 heteroatoms. The maximum atomic E-state index is 4.27. The Hall–Kier alpha value is -1.97. The highest BCUT2D eigenvalue weighted by Crippen LogP contribution is 2.10. The number of rotatable bonds is 5. The number of para-hydroxylation sites is 1. The molecule has 0 heterocycles. The van der Waals surface area contributed by atoms with Crippen molar-refractivity contribution >= 4 is 11.6 Å². The van der Waals surface area contributed by atoms with Crippen LogP contribution in [0.3, 0.4) is 0 Å². The minimum atomic E-state index is 0.494. The zero-order valence-electron chi connectivity index (χ0n) is 12.3. The largest absolute Gasteiger partial charge is 0.373 e. The van der Waals surface area contributed by atoms with Crippen molar-refractivity contribution in [2.45, 2.75) is 18.9 Å². The van der Waals surface area contributed by atoms with Crippen LogP contribution in [-0.2, 0) is 0 Å². The van der Waals surface area contributed by atoms with E-state index in [0.717, 1.165) is 31.9 Å². The van der Waals surface area contributed by atoms with E-state index in [9.17, 15) is 0 Å². The van der Waals surface area contributed by atoms with Gasteiger partial charge in [0, 0.05) is 38.9 Å². The van der Waals surface area contributed by atoms with Gasteiger partial charge in [-0.25, -0.2) is 0 Å². The zero-order chi connectivity index (χ0) is 14.2. The molecule has 108 valence electrons. The van der Waals surface area contributed by atoms with Gasteiger partial charge >= 0.3 is 0 Å². The molecule has 1 aliphatic rings. The number of anilines is 1. The van der Waals surface area contributed by atoms with Crippen molar-refractivity contribution in [2.75, 3.05) is 32.1 Å². The highest BCUT2D eigenvalue weighted by molar-refractivity contribution is 5.80. The van der Waals surface area contributed by atoms with E-state index in [1.165, 1.54) is 5.69 Å². The Kier molecular flexibility index (Phi) is 5.47. The fourth-order valence-corrected chi connectivity index (χ4v) is 2.28. The summed E-state index contributed by atoms with van der Waals surface area (Å²) < 4.78 is 0. The van der Waals surface area contributed by atoms with E-state index >= 15 is 0 Å². The van der Waals surface area contributed by atoms with Gasteiger partial charge in [-0.3, -0.25) is 4.99 Å². The van der Waals surface area contributed by atoms with Crippen molar-refractivity contribution in [3.63, 3.8) is 0 Å². The molecule has 0 radical (unpaired) electrons. The standard InChI is InChI=1S/C16H24N4/c1-17-16(19-14-8-6-7-9-14)18-12-13-20(2)15-10-4-3-5-11-15/h3-7,10-11,14H,8-9,12-13H2,1-2H3,(H2,17,18,19). The van der Waals surface area contributed by atoms with Gasteiger partial charge in [0.1, 0.15) is 0 Å². The molecule has 0 aromatic heterocycles. The predicted molar refractivity (Wildman–Crippen MR) is 86.4 cm³/mol. The fraction of sp³-hybridized carbons (Fsp3) is 0.438. The van der Waals surface area contributed by atoms with Gasteiger partial charge < -0.3 is 15.5 Å². The summed E-state index contributed by atoms with van der Waals surface area (Å²) in [6.45, 7) is 1.80. The van der Waals surface area contributed by atoms with Crippen LogP contribution in [-0.4, -0.2) is 39.2 Å². The summed E-state index contributed by atoms with van der Waals surface area (Å²) in [7, 11) is 3.92. The Balaban J connectivity index is 1.71. The lowest BCUT2D eigenvalue weighted by Crippen LogP contribution is -2.44. The van der Waals surface area contributed by atoms with Crippen LogP contribution in [0.15, 0.2) is 47.5 Å². The summed E-state index contributed by atoms with van der Waals surface area (Å²) in [5, 5.41) is 6.80. The van der Waals surface area contributed by atoms with Crippen molar-refractivity contribution < 1.29 is 0 Å². The molecule has 1 aliphatic carbocycles. The first-order chi connectivity index (χ1) is 9.79. The molecule has 0 aliphatic heterocycles. The normalized spacial score (nSPS) is 15.4. The second-order valence-corrected chi connectivity index (χ2v) is 5.04. The molecule has 1 aromatic rings. The van der Waals surface area contributed by atoms with Gasteiger partial charge in [0.2, 0.25) is 0 Å². The van der Waals surface area contributed by atoms with Crippen LogP contribution in [0.25, 0.3) is 0 Å². The van der Waals surface area contributed by atoms with Crippen LogP contribution in [0.5, 0.6) is 0 Å². The smallest absolute Gasteiger partial charge is 0.191 e. The van der Waals surface area contributed by atoms with Gasteiger partial charge in [0.25, 0.3) is 0 Å². The molecule has 4 nitrogen and oxygen atoms in total. The number of hydrogen-bond donors (Lipinski definition) is 2. The highest BCUT2D eigenvalue weighted by atomic mass is 15.2. The summed E-state index contributed by atoms with van der Waals surface area (Å²) >= 11 is 0. The molecule has 0 bridgehead atoms. The van der Waals surface area contributed by atoms with Crippen LogP contribution >= 0.6 is 0 Å². The van der Waals surface area contributed by atoms with Crippen LogP contribution in [0.2, 0.25) is 0 Å². The molecule has 0 fully saturated rings. The SMILES string of the molecule is CN=C(NCCN(C)c1ccccc1)NC1CC=CC1. The summed E-state index contributed by atoms with van der Waals surface area (Å²) in [4.78, 5) is 6.50. The lowest BCUT2D eigenvalue weighted by atomic mass is 10.2. The topological polar surface area (TPSA) is 39.7 Å². The summed E-state index contributed by atoms with van der Waals surface area (Å²) in [5.41, 5.74) is 1.23. The molecule has 2 rings (SSSR count). The maximum absolute atomic E-state index is 4.27. The number of benzene rings is 1. The number of nitrogens with one attached hydrogen (secondary N) is 2. The third kappa shape index (κ3) is 4.30. The average molecular weight is 272 g/mol. The van der Waals surface area contributed by atoms with Crippen LogP contribution in [0, 0.1) is 0 Å². The molecule has 1 aromatic carbocycles. The average Bonchev–Trinajstić information content (AvgIpc) is 3.00. The van der Waals surface area contributed by atoms with Crippen LogP contribution in [0.1, 0.15) is 12.8 Å². The molecule has 0 atom stereocenters. The summed E-state index contributed by atoms with van der Waals surface area (Å²) in [5.74, 6) is 0.889. The summed E-state index contributed by atoms with van der Waals surface area (Å²) in [6, 6.07) is 10.9. The Morgan fingerprint density at radius 1 is 1.25 bits per heavy atom. The summed E-state index contributed by atoms with van der Waals surface area (Å²) in [6.07, 6.45) is 6.61. The number of nitrogens with zero attached hydrogens (tertiary/aromatic N) is 2. The Bertz CT molecular complexity index is 445. The van der Waals surface area contributed by atoms with Gasteiger partial charge in [-0.1, -0.05) is 30.4 Å². The second-order valence-electron chi connectivity index (χ2n) is 5.04. The molecule has 0 spiro atoms. The Morgan fingerprint density at radius 3 is 2.60 bits per heavy atom. The monoisotopic (exact) mass is 272 g/mol. The molecule has 2 N–H and O–H groups in total. The highest BCUT2D eigenvalue weighted by Gasteiger charge is 2.11. The van der Waals surface area contributed by atoms with Crippen LogP contribution < -0.4 is 15.5 Å². The van der Waals surface area contributed by atoms with E-state index in [0.29, 0.717) is 6.04 Å². The number of aliphatic imine (C=N–C) groups is 1. The quantitative estimate of drug-likeness (QED) is 0.489. The Morgan fingerprint density at radius 2 is 1.95 bits per heavy atom. The third-order valence-electron chi connectivity index (χ3n) is 3.51. The lowest BCUT2D eigenvalue weighted by Gasteiger charge is -2.21. The zero-order valence-corrected chi connectivity index (χ0v) is 12.3. The molecule has 0 amide bonds. The van der Waals surface area contributed by atoms with E-state index in [1.807, 2.05) is 13.1 Å². The van der Waals surface area contributed by atoms with E-state index in [4.69, 9.17) is 0 Å². The van der Waals surface area contributed by atoms with Gasteiger partial charge in [0.15, 0.2) is 5.96 Å². The van der Waals surface area contributed by atoms with Crippen molar-refractivity contribution in [1.82, 2.24) is 10.6 Å². The van der Waals surface area contributed by atoms with Crippen molar-refractivity contribution in [3.05, 3.63) is 42.5 Å². The van der Waals surface area contributed by atoms with Gasteiger partial charge in [0.05, 0.1) is 0 Å². The maximum Gasteiger partial charge on any atom is 0.191 e. The van der Waals surface area contributed by atoms with E-state index < -0.39 is 0 Å². The molecule has 20 heavy (non-hydrogen) atoms. The third-order valence-corrected chi connectivity index (χ3v) is 3.51. The van der Waals surface area contributed by atoms with Crippen LogP contribution in [0.4, 0.5) is 5.69 Å². The van der Waals surface area contributed by atoms with E-state index in [2.05, 4.69) is 64.0 Å². The van der Waals surface area contributed by atoms with Gasteiger partial charge in [-0.05, 0) is 25.0 Å². The van der Waals surface area contributed by atoms with Crippen molar-refractivity contribution in [2.24, 2.45) is 4.99 Å². The fourth-order valence-electron chi connectivity index (χ4n) is 2.28. The van der Waals surface area contributed by atoms with E-state index in [-0.39, 0.29) is 0 Å². The minimum absolute atomic E-state index is 0.494. The Labute approximate surface area is 121 Å². The number of hydrogen-bond acceptors (Lipinski definition) is 2. The van der Waals surface area contributed by atoms with E-state index in [1.54, 1.807) is 0 Å². The first-order valence-electron chi connectivity index (χ1n) is 7.18. The first-order valence-corrected chi connectivity index (χ1v) is 7.18. The molecule has 0 saturated carbocycles. The first kappa shape index (κ1) is 14.4. The number of guanidine groups is 1. The van der Waals surface area contributed by atoms with Crippen molar-refractivity contribution in [1.29, 1.82) is 0 Å². The molecule has 0 unspecified atom stereocenters. The lowest BCUT2D eigenvalue weighted by molar-refractivity contribution is 0.632.